The Morgan fingerprint density at radius 3 is 2.63 bits per heavy atom. The fourth-order valence-electron chi connectivity index (χ4n) is 3.64. The van der Waals surface area contributed by atoms with E-state index in [9.17, 15) is 9.59 Å². The van der Waals surface area contributed by atoms with Crippen LogP contribution >= 0.6 is 24.0 Å². The topological polar surface area (TPSA) is 55.8 Å². The Balaban J connectivity index is 1.92. The van der Waals surface area contributed by atoms with E-state index in [1.165, 1.54) is 11.8 Å². The quantitative estimate of drug-likeness (QED) is 0.691. The normalized spacial score (nSPS) is 24.2. The van der Waals surface area contributed by atoms with Gasteiger partial charge in [0.1, 0.15) is 10.5 Å². The summed E-state index contributed by atoms with van der Waals surface area (Å²) >= 11 is 6.67. The van der Waals surface area contributed by atoms with Gasteiger partial charge in [0.15, 0.2) is 5.78 Å². The predicted octanol–water partition coefficient (Wildman–Crippen LogP) is 4.43. The lowest BCUT2D eigenvalue weighted by Crippen LogP contribution is -2.66. The smallest absolute Gasteiger partial charge is 0.411 e. The van der Waals surface area contributed by atoms with Crippen molar-refractivity contribution in [2.75, 3.05) is 13.2 Å². The third-order valence-electron chi connectivity index (χ3n) is 4.85. The molecule has 3 rings (SSSR count). The number of nitrogens with zero attached hydrogens (tertiary/aromatic N) is 1. The number of carbonyl (C=O) groups is 2. The largest absolute Gasteiger partial charge is 0.479 e. The van der Waals surface area contributed by atoms with Gasteiger partial charge in [-0.05, 0) is 70.1 Å². The van der Waals surface area contributed by atoms with Crippen LogP contribution in [0, 0.1) is 5.92 Å². The number of ether oxygens (including phenoxy) is 2. The monoisotopic (exact) mass is 407 g/mol. The molecule has 1 amide bonds. The first kappa shape index (κ1) is 20.1. The molecule has 27 heavy (non-hydrogen) atoms. The van der Waals surface area contributed by atoms with Crippen LogP contribution in [-0.2, 0) is 15.9 Å². The number of thiocarbonyl (C=S) groups is 1. The minimum absolute atomic E-state index is 0.0608. The number of fused-ring (bicyclic) bond motifs is 1. The van der Waals surface area contributed by atoms with Gasteiger partial charge < -0.3 is 9.47 Å². The molecule has 0 N–H and O–H groups in total. The van der Waals surface area contributed by atoms with Gasteiger partial charge in [0, 0.05) is 12.1 Å². The number of carbonyl (C=O) groups excluding carboxylic acids is 2. The predicted molar refractivity (Wildman–Crippen MR) is 110 cm³/mol. The molecule has 1 aromatic rings. The summed E-state index contributed by atoms with van der Waals surface area (Å²) in [6.07, 6.45) is 0.856. The van der Waals surface area contributed by atoms with E-state index >= 15 is 0 Å². The number of hydrogen-bond donors (Lipinski definition) is 0. The van der Waals surface area contributed by atoms with E-state index in [0.29, 0.717) is 30.4 Å². The summed E-state index contributed by atoms with van der Waals surface area (Å²) in [6.45, 7) is 8.36. The summed E-state index contributed by atoms with van der Waals surface area (Å²) in [5, 5.41) is 0. The molecule has 0 radical (unpaired) electrons. The van der Waals surface area contributed by atoms with Crippen molar-refractivity contribution in [3.63, 3.8) is 0 Å². The van der Waals surface area contributed by atoms with Crippen LogP contribution in [0.15, 0.2) is 24.3 Å². The summed E-state index contributed by atoms with van der Waals surface area (Å²) in [7, 11) is 0. The molecular weight excluding hydrogens is 382 g/mol. The average molecular weight is 408 g/mol. The van der Waals surface area contributed by atoms with Crippen molar-refractivity contribution in [3.8, 4) is 0 Å². The lowest BCUT2D eigenvalue weighted by atomic mass is 9.85. The number of Topliss-reactive ketones (excluding diaryl/α,β-unsaturated/α-hetero) is 1. The Hall–Kier alpha value is -1.60. The first-order chi connectivity index (χ1) is 12.7. The maximum absolute atomic E-state index is 13.2. The van der Waals surface area contributed by atoms with Crippen LogP contribution in [-0.4, -0.2) is 44.8 Å². The number of ketones is 1. The summed E-state index contributed by atoms with van der Waals surface area (Å²) < 4.78 is 11.4. The molecule has 1 aromatic carbocycles. The first-order valence-corrected chi connectivity index (χ1v) is 10.4. The van der Waals surface area contributed by atoms with Crippen LogP contribution in [0.3, 0.4) is 0 Å². The number of amides is 1. The second-order valence-corrected chi connectivity index (χ2v) is 9.70. The fraction of sp³-hybridized carbons (Fsp3) is 0.550. The zero-order valence-corrected chi connectivity index (χ0v) is 17.7. The molecule has 2 aliphatic rings. The molecule has 1 saturated heterocycles. The number of likely N-dealkylation sites (tertiary alicyclic amines) is 1. The summed E-state index contributed by atoms with van der Waals surface area (Å²) in [5.74, 6) is -0.301. The van der Waals surface area contributed by atoms with E-state index in [-0.39, 0.29) is 11.7 Å². The van der Waals surface area contributed by atoms with Crippen LogP contribution < -0.4 is 0 Å². The molecule has 0 spiro atoms. The highest BCUT2D eigenvalue weighted by Crippen LogP contribution is 2.52. The number of rotatable bonds is 3. The maximum Gasteiger partial charge on any atom is 0.411 e. The lowest BCUT2D eigenvalue weighted by molar-refractivity contribution is -0.0254. The third kappa shape index (κ3) is 3.85. The van der Waals surface area contributed by atoms with E-state index in [1.807, 2.05) is 52.0 Å². The van der Waals surface area contributed by atoms with Crippen LogP contribution in [0.5, 0.6) is 0 Å². The van der Waals surface area contributed by atoms with Crippen LogP contribution in [0.1, 0.15) is 50.0 Å². The zero-order valence-electron chi connectivity index (χ0n) is 16.1. The molecule has 0 bridgehead atoms. The van der Waals surface area contributed by atoms with Crippen molar-refractivity contribution in [2.24, 2.45) is 5.92 Å². The molecule has 146 valence electrons. The molecule has 1 aliphatic heterocycles. The van der Waals surface area contributed by atoms with Crippen molar-refractivity contribution in [3.05, 3.63) is 35.4 Å². The van der Waals surface area contributed by atoms with Crippen molar-refractivity contribution in [2.45, 2.75) is 51.0 Å². The first-order valence-electron chi connectivity index (χ1n) is 9.16. The van der Waals surface area contributed by atoms with E-state index in [2.05, 4.69) is 0 Å². The minimum Gasteiger partial charge on any atom is -0.479 e. The van der Waals surface area contributed by atoms with Crippen molar-refractivity contribution in [1.29, 1.82) is 0 Å². The second-order valence-electron chi connectivity index (χ2n) is 7.79. The van der Waals surface area contributed by atoms with E-state index < -0.39 is 16.6 Å². The van der Waals surface area contributed by atoms with Gasteiger partial charge in [-0.15, -0.1) is 0 Å². The highest BCUT2D eigenvalue weighted by atomic mass is 32.2. The van der Waals surface area contributed by atoms with E-state index in [0.717, 1.165) is 11.1 Å². The number of hydrogen-bond acceptors (Lipinski definition) is 6. The molecule has 2 unspecified atom stereocenters. The SMILES string of the molecule is CCOC(=S)SC1(C2Cc3ccccc3C2=O)CCN1C(=O)OC(C)(C)C. The Labute approximate surface area is 169 Å². The standard InChI is InChI=1S/C20H25NO4S2/c1-5-24-18(26)27-20(10-11-21(20)17(23)25-19(2,3)4)15-12-13-8-6-7-9-14(13)16(15)22/h6-9,15H,5,10-12H2,1-4H3. The summed E-state index contributed by atoms with van der Waals surface area (Å²) in [6, 6.07) is 7.64. The molecular formula is C20H25NO4S2. The minimum atomic E-state index is -0.759. The lowest BCUT2D eigenvalue weighted by Gasteiger charge is -2.54. The summed E-state index contributed by atoms with van der Waals surface area (Å²) in [5.41, 5.74) is 1.15. The summed E-state index contributed by atoms with van der Waals surface area (Å²) in [4.78, 5) is 26.9. The van der Waals surface area contributed by atoms with Crippen LogP contribution in [0.4, 0.5) is 4.79 Å². The van der Waals surface area contributed by atoms with Gasteiger partial charge in [-0.1, -0.05) is 24.3 Å². The highest BCUT2D eigenvalue weighted by molar-refractivity contribution is 8.23. The van der Waals surface area contributed by atoms with Crippen LogP contribution in [0.25, 0.3) is 0 Å². The molecule has 2 atom stereocenters. The third-order valence-corrected chi connectivity index (χ3v) is 6.57. The molecule has 1 fully saturated rings. The van der Waals surface area contributed by atoms with Gasteiger partial charge in [0.25, 0.3) is 0 Å². The van der Waals surface area contributed by atoms with Gasteiger partial charge in [0.2, 0.25) is 4.38 Å². The van der Waals surface area contributed by atoms with E-state index in [4.69, 9.17) is 21.7 Å². The maximum atomic E-state index is 13.2. The second kappa shape index (κ2) is 7.43. The van der Waals surface area contributed by atoms with Gasteiger partial charge in [0.05, 0.1) is 12.5 Å². The molecule has 1 aliphatic carbocycles. The van der Waals surface area contributed by atoms with Gasteiger partial charge in [-0.3, -0.25) is 9.69 Å². The molecule has 5 nitrogen and oxygen atoms in total. The average Bonchev–Trinajstić information content (AvgIpc) is 2.87. The Morgan fingerprint density at radius 1 is 1.37 bits per heavy atom. The Kier molecular flexibility index (Phi) is 5.54. The van der Waals surface area contributed by atoms with Gasteiger partial charge in [-0.25, -0.2) is 4.79 Å². The molecule has 7 heteroatoms. The van der Waals surface area contributed by atoms with Gasteiger partial charge in [-0.2, -0.15) is 0 Å². The Morgan fingerprint density at radius 2 is 2.07 bits per heavy atom. The molecule has 0 saturated carbocycles. The van der Waals surface area contributed by atoms with Crippen molar-refractivity contribution < 1.29 is 19.1 Å². The van der Waals surface area contributed by atoms with Gasteiger partial charge >= 0.3 is 6.09 Å². The van der Waals surface area contributed by atoms with E-state index in [1.54, 1.807) is 4.90 Å². The molecule has 0 aromatic heterocycles. The number of benzene rings is 1. The zero-order chi connectivity index (χ0) is 19.8. The molecule has 1 heterocycles. The van der Waals surface area contributed by atoms with Crippen LogP contribution in [0.2, 0.25) is 0 Å². The van der Waals surface area contributed by atoms with Crippen molar-refractivity contribution >= 4 is 40.2 Å². The Bertz CT molecular complexity index is 773. The fourth-order valence-corrected chi connectivity index (χ4v) is 5.46. The highest BCUT2D eigenvalue weighted by Gasteiger charge is 2.59. The number of thioether (sulfide) groups is 1. The van der Waals surface area contributed by atoms with Crippen molar-refractivity contribution in [1.82, 2.24) is 4.90 Å².